The van der Waals surface area contributed by atoms with Crippen LogP contribution in [0.2, 0.25) is 0 Å². The first-order valence-electron chi connectivity index (χ1n) is 9.36. The summed E-state index contributed by atoms with van der Waals surface area (Å²) in [5, 5.41) is 4.09. The van der Waals surface area contributed by atoms with E-state index in [2.05, 4.69) is 16.3 Å². The highest BCUT2D eigenvalue weighted by Crippen LogP contribution is 2.33. The van der Waals surface area contributed by atoms with Gasteiger partial charge in [0.1, 0.15) is 5.82 Å². The number of thiocarbonyl (C=S) groups is 1. The number of hydrogen-bond acceptors (Lipinski definition) is 3. The fraction of sp³-hybridized carbons (Fsp3) is 0.381. The Kier molecular flexibility index (Phi) is 5.43. The maximum absolute atomic E-state index is 13.1. The molecule has 0 atom stereocenters. The Bertz CT molecular complexity index is 806. The number of nitrogens with one attached hydrogen (secondary N) is 1. The molecule has 4 rings (SSSR count). The molecule has 6 heteroatoms. The summed E-state index contributed by atoms with van der Waals surface area (Å²) < 4.78 is 24.0. The van der Waals surface area contributed by atoms with Crippen LogP contribution >= 0.6 is 12.2 Å². The van der Waals surface area contributed by atoms with Crippen LogP contribution in [0.5, 0.6) is 11.5 Å². The summed E-state index contributed by atoms with van der Waals surface area (Å²) in [6.07, 6.45) is 4.79. The van der Waals surface area contributed by atoms with Crippen LogP contribution in [-0.2, 0) is 13.1 Å². The van der Waals surface area contributed by atoms with Gasteiger partial charge in [-0.3, -0.25) is 0 Å². The lowest BCUT2D eigenvalue weighted by Gasteiger charge is -2.32. The van der Waals surface area contributed by atoms with Gasteiger partial charge in [-0.05, 0) is 60.5 Å². The third-order valence-electron chi connectivity index (χ3n) is 5.17. The summed E-state index contributed by atoms with van der Waals surface area (Å²) in [6.45, 7) is 1.60. The van der Waals surface area contributed by atoms with Crippen LogP contribution in [0.4, 0.5) is 4.39 Å². The van der Waals surface area contributed by atoms with Crippen LogP contribution < -0.4 is 14.8 Å². The van der Waals surface area contributed by atoms with Gasteiger partial charge in [0.2, 0.25) is 6.79 Å². The molecule has 0 unspecified atom stereocenters. The first kappa shape index (κ1) is 18.0. The second kappa shape index (κ2) is 8.13. The van der Waals surface area contributed by atoms with Crippen LogP contribution in [0.15, 0.2) is 42.5 Å². The Hall–Kier alpha value is -2.34. The number of halogens is 1. The summed E-state index contributed by atoms with van der Waals surface area (Å²) in [6, 6.07) is 13.0. The Balaban J connectivity index is 1.45. The maximum Gasteiger partial charge on any atom is 0.231 e. The molecule has 1 N–H and O–H groups in total. The van der Waals surface area contributed by atoms with E-state index in [9.17, 15) is 4.39 Å². The molecule has 0 saturated heterocycles. The highest BCUT2D eigenvalue weighted by molar-refractivity contribution is 7.80. The van der Waals surface area contributed by atoms with E-state index in [1.165, 1.54) is 25.0 Å². The molecule has 1 heterocycles. The van der Waals surface area contributed by atoms with E-state index in [4.69, 9.17) is 21.7 Å². The smallest absolute Gasteiger partial charge is 0.231 e. The number of benzene rings is 2. The summed E-state index contributed by atoms with van der Waals surface area (Å²) >= 11 is 5.72. The fourth-order valence-corrected chi connectivity index (χ4v) is 3.99. The topological polar surface area (TPSA) is 33.7 Å². The molecule has 1 aliphatic carbocycles. The molecule has 0 spiro atoms. The number of hydrogen-bond donors (Lipinski definition) is 1. The van der Waals surface area contributed by atoms with E-state index in [0.717, 1.165) is 47.1 Å². The van der Waals surface area contributed by atoms with Crippen LogP contribution in [0.1, 0.15) is 36.8 Å². The molecule has 0 aromatic heterocycles. The fourth-order valence-electron chi connectivity index (χ4n) is 3.70. The SMILES string of the molecule is Fc1ccc(CNC(=S)N(Cc2ccc3c(c2)OCO3)C2CCCC2)cc1. The van der Waals surface area contributed by atoms with E-state index >= 15 is 0 Å². The molecule has 27 heavy (non-hydrogen) atoms. The zero-order chi connectivity index (χ0) is 18.6. The molecule has 0 radical (unpaired) electrons. The molecule has 0 amide bonds. The van der Waals surface area contributed by atoms with Gasteiger partial charge in [0.15, 0.2) is 16.6 Å². The monoisotopic (exact) mass is 386 g/mol. The van der Waals surface area contributed by atoms with Crippen LogP contribution in [-0.4, -0.2) is 22.8 Å². The average Bonchev–Trinajstić information content (AvgIpc) is 3.36. The Morgan fingerprint density at radius 1 is 1.04 bits per heavy atom. The third-order valence-corrected chi connectivity index (χ3v) is 5.55. The summed E-state index contributed by atoms with van der Waals surface area (Å²) in [4.78, 5) is 2.28. The van der Waals surface area contributed by atoms with Gasteiger partial charge < -0.3 is 19.7 Å². The lowest BCUT2D eigenvalue weighted by atomic mass is 10.1. The highest BCUT2D eigenvalue weighted by Gasteiger charge is 2.25. The van der Waals surface area contributed by atoms with Crippen molar-refractivity contribution in [3.8, 4) is 11.5 Å². The molecule has 1 aliphatic heterocycles. The molecule has 2 aromatic carbocycles. The van der Waals surface area contributed by atoms with Gasteiger partial charge in [0.25, 0.3) is 0 Å². The first-order valence-corrected chi connectivity index (χ1v) is 9.77. The second-order valence-corrected chi connectivity index (χ2v) is 7.43. The number of fused-ring (bicyclic) bond motifs is 1. The molecule has 4 nitrogen and oxygen atoms in total. The van der Waals surface area contributed by atoms with Gasteiger partial charge in [0, 0.05) is 19.1 Å². The van der Waals surface area contributed by atoms with Crippen LogP contribution in [0.25, 0.3) is 0 Å². The molecule has 1 fully saturated rings. The van der Waals surface area contributed by atoms with Gasteiger partial charge in [-0.15, -0.1) is 0 Å². The maximum atomic E-state index is 13.1. The van der Waals surface area contributed by atoms with Crippen molar-refractivity contribution in [1.82, 2.24) is 10.2 Å². The average molecular weight is 386 g/mol. The minimum atomic E-state index is -0.225. The predicted molar refractivity (Wildman–Crippen MR) is 106 cm³/mol. The van der Waals surface area contributed by atoms with Gasteiger partial charge in [-0.1, -0.05) is 31.0 Å². The van der Waals surface area contributed by atoms with Crippen molar-refractivity contribution in [2.75, 3.05) is 6.79 Å². The normalized spacial score (nSPS) is 15.7. The van der Waals surface area contributed by atoms with E-state index in [0.29, 0.717) is 12.6 Å². The van der Waals surface area contributed by atoms with Crippen molar-refractivity contribution in [3.63, 3.8) is 0 Å². The Morgan fingerprint density at radius 3 is 2.52 bits per heavy atom. The zero-order valence-corrected chi connectivity index (χ0v) is 15.9. The molecule has 142 valence electrons. The van der Waals surface area contributed by atoms with Crippen LogP contribution in [0.3, 0.4) is 0 Å². The molecule has 1 saturated carbocycles. The number of ether oxygens (including phenoxy) is 2. The Labute approximate surface area is 164 Å². The summed E-state index contributed by atoms with van der Waals surface area (Å²) in [5.41, 5.74) is 2.16. The minimum absolute atomic E-state index is 0.225. The first-order chi connectivity index (χ1) is 13.2. The molecule has 2 aliphatic rings. The van der Waals surface area contributed by atoms with Gasteiger partial charge in [-0.2, -0.15) is 0 Å². The number of rotatable bonds is 5. The van der Waals surface area contributed by atoms with E-state index < -0.39 is 0 Å². The molecule has 2 aromatic rings. The highest BCUT2D eigenvalue weighted by atomic mass is 32.1. The van der Waals surface area contributed by atoms with Crippen molar-refractivity contribution in [2.45, 2.75) is 44.8 Å². The van der Waals surface area contributed by atoms with Crippen molar-refractivity contribution in [2.24, 2.45) is 0 Å². The second-order valence-electron chi connectivity index (χ2n) is 7.04. The lowest BCUT2D eigenvalue weighted by molar-refractivity contribution is 0.174. The van der Waals surface area contributed by atoms with Gasteiger partial charge >= 0.3 is 0 Å². The van der Waals surface area contributed by atoms with Gasteiger partial charge in [0.05, 0.1) is 0 Å². The summed E-state index contributed by atoms with van der Waals surface area (Å²) in [5.74, 6) is 1.36. The summed E-state index contributed by atoms with van der Waals surface area (Å²) in [7, 11) is 0. The van der Waals surface area contributed by atoms with E-state index in [-0.39, 0.29) is 12.6 Å². The quantitative estimate of drug-likeness (QED) is 0.772. The third kappa shape index (κ3) is 4.33. The van der Waals surface area contributed by atoms with Crippen molar-refractivity contribution < 1.29 is 13.9 Å². The number of nitrogens with zero attached hydrogens (tertiary/aromatic N) is 1. The zero-order valence-electron chi connectivity index (χ0n) is 15.1. The van der Waals surface area contributed by atoms with Crippen LogP contribution in [0, 0.1) is 5.82 Å². The molecular formula is C21H23FN2O2S. The van der Waals surface area contributed by atoms with E-state index in [1.54, 1.807) is 12.1 Å². The predicted octanol–water partition coefficient (Wildman–Crippen LogP) is 4.37. The van der Waals surface area contributed by atoms with E-state index in [1.807, 2.05) is 12.1 Å². The lowest BCUT2D eigenvalue weighted by Crippen LogP contribution is -2.44. The van der Waals surface area contributed by atoms with Gasteiger partial charge in [-0.25, -0.2) is 4.39 Å². The molecular weight excluding hydrogens is 363 g/mol. The standard InChI is InChI=1S/C21H23FN2O2S/c22-17-8-5-15(6-9-17)12-23-21(27)24(18-3-1-2-4-18)13-16-7-10-19-20(11-16)26-14-25-19/h5-11,18H,1-4,12-14H2,(H,23,27). The Morgan fingerprint density at radius 2 is 1.74 bits per heavy atom. The van der Waals surface area contributed by atoms with Crippen molar-refractivity contribution >= 4 is 17.3 Å². The van der Waals surface area contributed by atoms with Crippen molar-refractivity contribution in [3.05, 3.63) is 59.4 Å². The van der Waals surface area contributed by atoms with Crippen molar-refractivity contribution in [1.29, 1.82) is 0 Å². The molecule has 0 bridgehead atoms. The largest absolute Gasteiger partial charge is 0.454 e. The minimum Gasteiger partial charge on any atom is -0.454 e.